The smallest absolute Gasteiger partial charge is 0.235 e. The quantitative estimate of drug-likeness (QED) is 0.522. The lowest BCUT2D eigenvalue weighted by Gasteiger charge is -2.04. The molecule has 48 valence electrons. The van der Waals surface area contributed by atoms with Gasteiger partial charge in [0.1, 0.15) is 0 Å². The Morgan fingerprint density at radius 2 is 2.38 bits per heavy atom. The van der Waals surface area contributed by atoms with Crippen LogP contribution in [0.2, 0.25) is 0 Å². The average molecular weight is 134 g/mol. The minimum atomic E-state index is -0.320. The van der Waals surface area contributed by atoms with E-state index in [1.165, 1.54) is 11.9 Å². The maximum absolute atomic E-state index is 10.2. The Bertz CT molecular complexity index is 86.1. The van der Waals surface area contributed by atoms with Gasteiger partial charge in [-0.2, -0.15) is 0 Å². The fraction of sp³-hybridized carbons (Fsp3) is 0.750. The van der Waals surface area contributed by atoms with Crippen molar-refractivity contribution in [1.29, 1.82) is 0 Å². The van der Waals surface area contributed by atoms with E-state index < -0.39 is 0 Å². The molecule has 0 aliphatic heterocycles. The molecule has 0 radical (unpaired) electrons. The molecule has 4 heteroatoms. The zero-order chi connectivity index (χ0) is 6.57. The number of carbonyl (C=O) groups is 1. The van der Waals surface area contributed by atoms with E-state index in [2.05, 4.69) is 4.72 Å². The first-order valence-corrected chi connectivity index (χ1v) is 3.48. The summed E-state index contributed by atoms with van der Waals surface area (Å²) in [6.07, 6.45) is 1.85. The highest BCUT2D eigenvalue weighted by molar-refractivity contribution is 7.96. The molecule has 3 N–H and O–H groups in total. The highest BCUT2D eigenvalue weighted by Crippen LogP contribution is 1.86. The summed E-state index contributed by atoms with van der Waals surface area (Å²) < 4.78 is 2.79. The topological polar surface area (TPSA) is 55.1 Å². The molecule has 0 saturated carbocycles. The summed E-state index contributed by atoms with van der Waals surface area (Å²) in [5.41, 5.74) is 4.91. The molecule has 0 aromatic rings. The number of primary amides is 1. The summed E-state index contributed by atoms with van der Waals surface area (Å²) in [7, 11) is 0. The summed E-state index contributed by atoms with van der Waals surface area (Å²) in [6, 6.07) is -0.231. The second-order valence-corrected chi connectivity index (χ2v) is 2.09. The lowest BCUT2D eigenvalue weighted by Crippen LogP contribution is -2.34. The van der Waals surface area contributed by atoms with Crippen molar-refractivity contribution >= 4 is 17.9 Å². The van der Waals surface area contributed by atoms with Crippen LogP contribution in [0.3, 0.4) is 0 Å². The monoisotopic (exact) mass is 134 g/mol. The number of rotatable bonds is 3. The molecule has 0 aliphatic carbocycles. The summed E-state index contributed by atoms with van der Waals surface area (Å²) in [5.74, 6) is -0.320. The Kier molecular flexibility index (Phi) is 3.64. The van der Waals surface area contributed by atoms with Gasteiger partial charge in [0.2, 0.25) is 5.91 Å². The molecule has 0 rings (SSSR count). The summed E-state index contributed by atoms with van der Waals surface area (Å²) in [6.45, 7) is 1.72. The largest absolute Gasteiger partial charge is 0.368 e. The van der Waals surface area contributed by atoms with Gasteiger partial charge in [0.05, 0.1) is 6.04 Å². The Labute approximate surface area is 53.1 Å². The van der Waals surface area contributed by atoms with Gasteiger partial charge in [-0.05, 0) is 13.2 Å². The predicted molar refractivity (Wildman–Crippen MR) is 35.3 cm³/mol. The van der Waals surface area contributed by atoms with Crippen LogP contribution >= 0.6 is 11.9 Å². The Morgan fingerprint density at radius 1 is 1.88 bits per heavy atom. The van der Waals surface area contributed by atoms with Crippen LogP contribution in [0.1, 0.15) is 6.92 Å². The van der Waals surface area contributed by atoms with E-state index >= 15 is 0 Å². The highest BCUT2D eigenvalue weighted by atomic mass is 32.2. The van der Waals surface area contributed by atoms with Crippen LogP contribution in [0.4, 0.5) is 0 Å². The van der Waals surface area contributed by atoms with Crippen molar-refractivity contribution in [1.82, 2.24) is 4.72 Å². The van der Waals surface area contributed by atoms with Crippen molar-refractivity contribution in [2.75, 3.05) is 6.26 Å². The van der Waals surface area contributed by atoms with Crippen LogP contribution in [0.25, 0.3) is 0 Å². The molecule has 0 fully saturated rings. The zero-order valence-electron chi connectivity index (χ0n) is 4.97. The van der Waals surface area contributed by atoms with Gasteiger partial charge in [-0.25, -0.2) is 0 Å². The molecule has 3 nitrogen and oxygen atoms in total. The van der Waals surface area contributed by atoms with Crippen molar-refractivity contribution in [2.24, 2.45) is 5.73 Å². The Balaban J connectivity index is 3.32. The van der Waals surface area contributed by atoms with Crippen LogP contribution in [-0.2, 0) is 4.79 Å². The van der Waals surface area contributed by atoms with Crippen molar-refractivity contribution in [2.45, 2.75) is 13.0 Å². The van der Waals surface area contributed by atoms with Gasteiger partial charge in [0.25, 0.3) is 0 Å². The van der Waals surface area contributed by atoms with Crippen molar-refractivity contribution in [3.8, 4) is 0 Å². The first-order valence-electron chi connectivity index (χ1n) is 2.26. The van der Waals surface area contributed by atoms with E-state index in [1.54, 1.807) is 6.92 Å². The molecule has 0 aliphatic rings. The normalized spacial score (nSPS) is 13.2. The van der Waals surface area contributed by atoms with E-state index in [1.807, 2.05) is 6.26 Å². The van der Waals surface area contributed by atoms with Gasteiger partial charge in [-0.15, -0.1) is 0 Å². The van der Waals surface area contributed by atoms with E-state index in [0.717, 1.165) is 0 Å². The second kappa shape index (κ2) is 3.74. The fourth-order valence-corrected chi connectivity index (χ4v) is 0.705. The van der Waals surface area contributed by atoms with Crippen molar-refractivity contribution in [3.05, 3.63) is 0 Å². The van der Waals surface area contributed by atoms with Crippen molar-refractivity contribution < 1.29 is 4.79 Å². The van der Waals surface area contributed by atoms with Crippen LogP contribution < -0.4 is 10.5 Å². The van der Waals surface area contributed by atoms with Crippen LogP contribution in [0.5, 0.6) is 0 Å². The zero-order valence-corrected chi connectivity index (χ0v) is 5.79. The Hall–Kier alpha value is -0.220. The number of nitrogens with two attached hydrogens (primary N) is 1. The van der Waals surface area contributed by atoms with Crippen LogP contribution in [-0.4, -0.2) is 18.2 Å². The molecule has 1 atom stereocenters. The number of carbonyl (C=O) groups excluding carboxylic acids is 1. The third kappa shape index (κ3) is 2.87. The first kappa shape index (κ1) is 7.78. The first-order chi connectivity index (χ1) is 3.68. The molecule has 0 saturated heterocycles. The van der Waals surface area contributed by atoms with Crippen LogP contribution in [0.15, 0.2) is 0 Å². The summed E-state index contributed by atoms with van der Waals surface area (Å²) in [5, 5.41) is 0. The molecule has 0 aromatic heterocycles. The molecule has 0 heterocycles. The third-order valence-corrected chi connectivity index (χ3v) is 1.31. The number of hydrogen-bond donors (Lipinski definition) is 2. The lowest BCUT2D eigenvalue weighted by atomic mass is 10.4. The predicted octanol–water partition coefficient (Wildman–Crippen LogP) is -0.272. The lowest BCUT2D eigenvalue weighted by molar-refractivity contribution is -0.119. The van der Waals surface area contributed by atoms with E-state index in [0.29, 0.717) is 0 Å². The maximum atomic E-state index is 10.2. The number of nitrogens with one attached hydrogen (secondary N) is 1. The van der Waals surface area contributed by atoms with Crippen LogP contribution in [0, 0.1) is 0 Å². The van der Waals surface area contributed by atoms with Gasteiger partial charge in [0, 0.05) is 0 Å². The molecular formula is C4H10N2OS. The minimum absolute atomic E-state index is 0.231. The number of amides is 1. The second-order valence-electron chi connectivity index (χ2n) is 1.45. The molecule has 0 aromatic carbocycles. The van der Waals surface area contributed by atoms with E-state index in [-0.39, 0.29) is 11.9 Å². The van der Waals surface area contributed by atoms with E-state index in [4.69, 9.17) is 5.73 Å². The number of hydrogen-bond acceptors (Lipinski definition) is 3. The standard InChI is InChI=1S/C4H10N2OS/c1-3(4(5)7)6-8-2/h3,6H,1-2H3,(H2,5,7). The third-order valence-electron chi connectivity index (χ3n) is 0.721. The SMILES string of the molecule is CSNC(C)C(N)=O. The summed E-state index contributed by atoms with van der Waals surface area (Å²) >= 11 is 1.39. The van der Waals surface area contributed by atoms with Gasteiger partial charge in [-0.3, -0.25) is 9.52 Å². The van der Waals surface area contributed by atoms with Crippen molar-refractivity contribution in [3.63, 3.8) is 0 Å². The average Bonchev–Trinajstić information content (AvgIpc) is 1.67. The molecular weight excluding hydrogens is 124 g/mol. The van der Waals surface area contributed by atoms with Gasteiger partial charge < -0.3 is 5.73 Å². The maximum Gasteiger partial charge on any atom is 0.235 e. The molecule has 1 unspecified atom stereocenters. The van der Waals surface area contributed by atoms with Gasteiger partial charge >= 0.3 is 0 Å². The molecule has 8 heavy (non-hydrogen) atoms. The minimum Gasteiger partial charge on any atom is -0.368 e. The fourth-order valence-electron chi connectivity index (χ4n) is 0.235. The molecule has 1 amide bonds. The summed E-state index contributed by atoms with van der Waals surface area (Å²) in [4.78, 5) is 10.2. The highest BCUT2D eigenvalue weighted by Gasteiger charge is 2.04. The van der Waals surface area contributed by atoms with Gasteiger partial charge in [0.15, 0.2) is 0 Å². The van der Waals surface area contributed by atoms with Gasteiger partial charge in [-0.1, -0.05) is 11.9 Å². The van der Waals surface area contributed by atoms with E-state index in [9.17, 15) is 4.79 Å². The Morgan fingerprint density at radius 3 is 2.50 bits per heavy atom. The molecule has 0 spiro atoms. The molecule has 0 bridgehead atoms.